The first-order valence-corrected chi connectivity index (χ1v) is 10.1. The van der Waals surface area contributed by atoms with Crippen LogP contribution < -0.4 is 20.1 Å². The number of hydrogen-bond acceptors (Lipinski definition) is 7. The molecule has 0 fully saturated rings. The van der Waals surface area contributed by atoms with Crippen molar-refractivity contribution in [1.29, 1.82) is 0 Å². The third kappa shape index (κ3) is 3.76. The summed E-state index contributed by atoms with van der Waals surface area (Å²) in [4.78, 5) is 34.9. The number of H-pyrrole nitrogens is 1. The molecule has 0 spiro atoms. The van der Waals surface area contributed by atoms with Gasteiger partial charge in [-0.2, -0.15) is 0 Å². The second-order valence-corrected chi connectivity index (χ2v) is 7.38. The monoisotopic (exact) mass is 473 g/mol. The average molecular weight is 474 g/mol. The molecule has 4 rings (SSSR count). The first-order valence-electron chi connectivity index (χ1n) is 9.33. The molecule has 1 aliphatic heterocycles. The molecule has 2 aromatic carbocycles. The van der Waals surface area contributed by atoms with E-state index < -0.39 is 5.91 Å². The molecular weight excluding hydrogens is 457 g/mol. The number of fused-ring (bicyclic) bond motifs is 1. The largest absolute Gasteiger partial charge is 0.495 e. The lowest BCUT2D eigenvalue weighted by Crippen LogP contribution is -2.18. The molecule has 3 aromatic rings. The molecule has 0 saturated heterocycles. The van der Waals surface area contributed by atoms with Gasteiger partial charge in [-0.25, -0.2) is 4.98 Å². The van der Waals surface area contributed by atoms with Gasteiger partial charge in [0.05, 0.1) is 59.6 Å². The maximum absolute atomic E-state index is 12.9. The molecule has 0 saturated carbocycles. The summed E-state index contributed by atoms with van der Waals surface area (Å²) >= 11 is 13.2. The number of imidazole rings is 1. The zero-order chi connectivity index (χ0) is 22.8. The molecular formula is C21H17Cl2N5O4. The smallest absolute Gasteiger partial charge is 0.260 e. The van der Waals surface area contributed by atoms with Crippen molar-refractivity contribution in [2.45, 2.75) is 0 Å². The van der Waals surface area contributed by atoms with Gasteiger partial charge < -0.3 is 19.8 Å². The van der Waals surface area contributed by atoms with Gasteiger partial charge in [0.25, 0.3) is 5.91 Å². The number of halogens is 2. The van der Waals surface area contributed by atoms with E-state index in [1.165, 1.54) is 20.4 Å². The fraction of sp³-hybridized carbons (Fsp3) is 0.143. The Morgan fingerprint density at radius 1 is 1.19 bits per heavy atom. The predicted octanol–water partition coefficient (Wildman–Crippen LogP) is 4.59. The van der Waals surface area contributed by atoms with E-state index in [4.69, 9.17) is 32.7 Å². The summed E-state index contributed by atoms with van der Waals surface area (Å²) in [7, 11) is 2.98. The highest BCUT2D eigenvalue weighted by Gasteiger charge is 2.26. The van der Waals surface area contributed by atoms with Crippen molar-refractivity contribution in [3.8, 4) is 22.6 Å². The Labute approximate surface area is 192 Å². The van der Waals surface area contributed by atoms with Crippen molar-refractivity contribution >= 4 is 58.9 Å². The van der Waals surface area contributed by atoms with Crippen LogP contribution in [-0.4, -0.2) is 49.1 Å². The van der Waals surface area contributed by atoms with Crippen LogP contribution in [0.15, 0.2) is 29.4 Å². The van der Waals surface area contributed by atoms with Crippen LogP contribution >= 0.6 is 23.2 Å². The Morgan fingerprint density at radius 3 is 2.53 bits per heavy atom. The first-order chi connectivity index (χ1) is 15.5. The molecule has 3 N–H and O–H groups in total. The number of nitrogens with zero attached hydrogens (tertiary/aromatic N) is 2. The van der Waals surface area contributed by atoms with Crippen molar-refractivity contribution in [3.63, 3.8) is 0 Å². The molecule has 1 aromatic heterocycles. The lowest BCUT2D eigenvalue weighted by atomic mass is 9.97. The van der Waals surface area contributed by atoms with Crippen LogP contribution in [0.3, 0.4) is 0 Å². The standard InChI is InChI=1S/C21H17Cl2N5O4/c1-31-13-7-14(32-2)17(23)15(16(13)22)11-3-4-12(19-18(11)24-5-6-25-19)20(30)28-21-26-8-10(9-29)27-21/h3-5,7-9,25H,6H2,1-2H3,(H2,26,27,28,30). The number of anilines is 2. The number of nitrogens with one attached hydrogen (secondary N) is 3. The molecule has 1 amide bonds. The summed E-state index contributed by atoms with van der Waals surface area (Å²) in [5.74, 6) is 0.479. The SMILES string of the molecule is COc1cc(OC)c(Cl)c(-c2ccc(C(=O)Nc3ncc(C=O)[nH]3)c3c2N=CCN3)c1Cl. The van der Waals surface area contributed by atoms with E-state index in [0.717, 1.165) is 0 Å². The molecule has 0 aliphatic carbocycles. The number of aliphatic imine (C=N–C) groups is 1. The summed E-state index contributed by atoms with van der Waals surface area (Å²) in [6, 6.07) is 4.92. The minimum absolute atomic E-state index is 0.151. The average Bonchev–Trinajstić information content (AvgIpc) is 3.26. The third-order valence-corrected chi connectivity index (χ3v) is 5.56. The number of hydrogen-bond donors (Lipinski definition) is 3. The van der Waals surface area contributed by atoms with E-state index in [1.54, 1.807) is 24.4 Å². The van der Waals surface area contributed by atoms with Gasteiger partial charge in [0.15, 0.2) is 6.29 Å². The molecule has 0 radical (unpaired) electrons. The first kappa shape index (κ1) is 21.7. The molecule has 0 unspecified atom stereocenters. The number of aromatic amines is 1. The van der Waals surface area contributed by atoms with Crippen molar-refractivity contribution in [3.05, 3.63) is 45.7 Å². The van der Waals surface area contributed by atoms with E-state index in [1.807, 2.05) is 0 Å². The summed E-state index contributed by atoms with van der Waals surface area (Å²) in [6.07, 6.45) is 3.60. The number of aromatic nitrogens is 2. The van der Waals surface area contributed by atoms with E-state index in [9.17, 15) is 9.59 Å². The van der Waals surface area contributed by atoms with Crippen LogP contribution in [0.2, 0.25) is 10.0 Å². The van der Waals surface area contributed by atoms with E-state index >= 15 is 0 Å². The molecule has 0 bridgehead atoms. The maximum atomic E-state index is 12.9. The van der Waals surface area contributed by atoms with Gasteiger partial charge in [-0.1, -0.05) is 29.3 Å². The quantitative estimate of drug-likeness (QED) is 0.450. The molecule has 0 atom stereocenters. The molecule has 2 heterocycles. The number of carbonyl (C=O) groups excluding carboxylic acids is 2. The van der Waals surface area contributed by atoms with Gasteiger partial charge in [0, 0.05) is 23.4 Å². The molecule has 9 nitrogen and oxygen atoms in total. The van der Waals surface area contributed by atoms with Crippen LogP contribution in [0.5, 0.6) is 11.5 Å². The van der Waals surface area contributed by atoms with Crippen molar-refractivity contribution in [2.75, 3.05) is 31.4 Å². The highest BCUT2D eigenvalue weighted by atomic mass is 35.5. The minimum atomic E-state index is -0.440. The fourth-order valence-electron chi connectivity index (χ4n) is 3.34. The Kier molecular flexibility index (Phi) is 6.02. The number of rotatable bonds is 6. The number of carbonyl (C=O) groups is 2. The summed E-state index contributed by atoms with van der Waals surface area (Å²) in [6.45, 7) is 0.426. The van der Waals surface area contributed by atoms with Crippen molar-refractivity contribution in [2.24, 2.45) is 4.99 Å². The second kappa shape index (κ2) is 8.89. The number of ether oxygens (including phenoxy) is 2. The highest BCUT2D eigenvalue weighted by molar-refractivity contribution is 6.41. The molecule has 1 aliphatic rings. The molecule has 11 heteroatoms. The van der Waals surface area contributed by atoms with Crippen molar-refractivity contribution in [1.82, 2.24) is 9.97 Å². The highest BCUT2D eigenvalue weighted by Crippen LogP contribution is 2.50. The van der Waals surface area contributed by atoms with Gasteiger partial charge in [-0.15, -0.1) is 0 Å². The molecule has 32 heavy (non-hydrogen) atoms. The zero-order valence-corrected chi connectivity index (χ0v) is 18.5. The zero-order valence-electron chi connectivity index (χ0n) is 17.0. The minimum Gasteiger partial charge on any atom is -0.495 e. The van der Waals surface area contributed by atoms with Crippen molar-refractivity contribution < 1.29 is 19.1 Å². The van der Waals surface area contributed by atoms with Gasteiger partial charge in [0.1, 0.15) is 11.5 Å². The Morgan fingerprint density at radius 2 is 1.91 bits per heavy atom. The van der Waals surface area contributed by atoms with Crippen LogP contribution in [0, 0.1) is 0 Å². The lowest BCUT2D eigenvalue weighted by Gasteiger charge is -2.21. The summed E-state index contributed by atoms with van der Waals surface area (Å²) in [5.41, 5.74) is 2.61. The van der Waals surface area contributed by atoms with Gasteiger partial charge in [0.2, 0.25) is 5.95 Å². The Hall–Kier alpha value is -3.56. The molecule has 164 valence electrons. The Bertz CT molecular complexity index is 1230. The van der Waals surface area contributed by atoms with E-state index in [0.29, 0.717) is 52.4 Å². The van der Waals surface area contributed by atoms with Gasteiger partial charge >= 0.3 is 0 Å². The van der Waals surface area contributed by atoms with Crippen LogP contribution in [0.4, 0.5) is 17.3 Å². The Balaban J connectivity index is 1.83. The second-order valence-electron chi connectivity index (χ2n) is 6.62. The lowest BCUT2D eigenvalue weighted by molar-refractivity contribution is 0.102. The fourth-order valence-corrected chi connectivity index (χ4v) is 4.04. The van der Waals surface area contributed by atoms with E-state index in [2.05, 4.69) is 25.6 Å². The number of aldehydes is 1. The topological polar surface area (TPSA) is 118 Å². The summed E-state index contributed by atoms with van der Waals surface area (Å²) in [5, 5.41) is 6.38. The summed E-state index contributed by atoms with van der Waals surface area (Å²) < 4.78 is 10.7. The maximum Gasteiger partial charge on any atom is 0.260 e. The van der Waals surface area contributed by atoms with Crippen LogP contribution in [-0.2, 0) is 0 Å². The van der Waals surface area contributed by atoms with Gasteiger partial charge in [-0.3, -0.25) is 19.9 Å². The number of benzene rings is 2. The number of amides is 1. The van der Waals surface area contributed by atoms with Gasteiger partial charge in [-0.05, 0) is 6.07 Å². The third-order valence-electron chi connectivity index (χ3n) is 4.81. The number of methoxy groups -OCH3 is 2. The van der Waals surface area contributed by atoms with E-state index in [-0.39, 0.29) is 21.7 Å². The normalized spacial score (nSPS) is 12.0. The predicted molar refractivity (Wildman–Crippen MR) is 124 cm³/mol. The van der Waals surface area contributed by atoms with Crippen LogP contribution in [0.25, 0.3) is 11.1 Å². The van der Waals surface area contributed by atoms with Crippen LogP contribution in [0.1, 0.15) is 20.8 Å².